The van der Waals surface area contributed by atoms with E-state index < -0.39 is 0 Å². The Balaban J connectivity index is 1.89. The maximum atomic E-state index is 12.7. The van der Waals surface area contributed by atoms with Gasteiger partial charge < -0.3 is 4.90 Å². The van der Waals surface area contributed by atoms with Crippen molar-refractivity contribution in [2.45, 2.75) is 18.9 Å². The number of likely N-dealkylation sites (tertiary alicyclic amines) is 1. The van der Waals surface area contributed by atoms with Crippen LogP contribution in [0.1, 0.15) is 34.8 Å². The smallest absolute Gasteiger partial charge is 0.255 e. The van der Waals surface area contributed by atoms with Gasteiger partial charge in [0.25, 0.3) is 5.91 Å². The van der Waals surface area contributed by atoms with E-state index in [9.17, 15) is 4.79 Å². The molecule has 1 aliphatic rings. The van der Waals surface area contributed by atoms with Crippen molar-refractivity contribution in [1.29, 1.82) is 0 Å². The topological polar surface area (TPSA) is 33.2 Å². The maximum Gasteiger partial charge on any atom is 0.255 e. The highest BCUT2D eigenvalue weighted by molar-refractivity contribution is 9.10. The van der Waals surface area contributed by atoms with E-state index in [0.717, 1.165) is 28.3 Å². The largest absolute Gasteiger partial charge is 0.332 e. The molecule has 1 aromatic carbocycles. The van der Waals surface area contributed by atoms with Gasteiger partial charge in [-0.3, -0.25) is 9.78 Å². The molecule has 0 radical (unpaired) electrons. The van der Waals surface area contributed by atoms with Crippen LogP contribution < -0.4 is 0 Å². The molecule has 2 heterocycles. The van der Waals surface area contributed by atoms with Gasteiger partial charge in [0, 0.05) is 27.9 Å². The monoisotopic (exact) mass is 408 g/mol. The van der Waals surface area contributed by atoms with Gasteiger partial charge in [-0.05, 0) is 52.5 Å². The summed E-state index contributed by atoms with van der Waals surface area (Å²) in [4.78, 5) is 18.8. The fourth-order valence-corrected chi connectivity index (χ4v) is 3.55. The first kappa shape index (κ1) is 14.7. The Bertz CT molecular complexity index is 675. The number of rotatable bonds is 2. The van der Waals surface area contributed by atoms with Crippen molar-refractivity contribution in [2.24, 2.45) is 0 Å². The van der Waals surface area contributed by atoms with Gasteiger partial charge in [-0.1, -0.05) is 28.1 Å². The number of carbonyl (C=O) groups is 1. The molecular weight excluding hydrogens is 396 g/mol. The first-order valence-corrected chi connectivity index (χ1v) is 8.41. The SMILES string of the molecule is O=C(c1cncc(Br)c1)N1CCCC1c1cccc(Br)c1. The van der Waals surface area contributed by atoms with Crippen molar-refractivity contribution in [3.8, 4) is 0 Å². The third-order valence-electron chi connectivity index (χ3n) is 3.70. The number of nitrogens with zero attached hydrogens (tertiary/aromatic N) is 2. The highest BCUT2D eigenvalue weighted by atomic mass is 79.9. The van der Waals surface area contributed by atoms with Crippen LogP contribution in [0.4, 0.5) is 0 Å². The van der Waals surface area contributed by atoms with Crippen molar-refractivity contribution >= 4 is 37.8 Å². The third kappa shape index (κ3) is 3.19. The van der Waals surface area contributed by atoms with Crippen LogP contribution in [0.3, 0.4) is 0 Å². The zero-order valence-electron chi connectivity index (χ0n) is 11.3. The minimum atomic E-state index is 0.0475. The van der Waals surface area contributed by atoms with E-state index in [1.54, 1.807) is 12.4 Å². The van der Waals surface area contributed by atoms with Crippen LogP contribution in [0.15, 0.2) is 51.7 Å². The molecule has 0 aliphatic carbocycles. The standard InChI is InChI=1S/C16H14Br2N2O/c17-13-4-1-3-11(7-13)15-5-2-6-20(15)16(21)12-8-14(18)10-19-9-12/h1,3-4,7-10,15H,2,5-6H2. The van der Waals surface area contributed by atoms with Crippen molar-refractivity contribution in [3.05, 3.63) is 62.8 Å². The minimum Gasteiger partial charge on any atom is -0.332 e. The summed E-state index contributed by atoms with van der Waals surface area (Å²) in [5.74, 6) is 0.0475. The Labute approximate surface area is 140 Å². The molecule has 5 heteroatoms. The zero-order chi connectivity index (χ0) is 14.8. The molecule has 1 fully saturated rings. The van der Waals surface area contributed by atoms with Gasteiger partial charge in [-0.2, -0.15) is 0 Å². The highest BCUT2D eigenvalue weighted by Gasteiger charge is 2.30. The third-order valence-corrected chi connectivity index (χ3v) is 4.63. The number of amides is 1. The number of hydrogen-bond donors (Lipinski definition) is 0. The van der Waals surface area contributed by atoms with E-state index >= 15 is 0 Å². The summed E-state index contributed by atoms with van der Waals surface area (Å²) in [5.41, 5.74) is 1.81. The van der Waals surface area contributed by atoms with Crippen LogP contribution in [0.5, 0.6) is 0 Å². The Morgan fingerprint density at radius 1 is 1.19 bits per heavy atom. The zero-order valence-corrected chi connectivity index (χ0v) is 14.5. The maximum absolute atomic E-state index is 12.7. The Kier molecular flexibility index (Phi) is 4.40. The van der Waals surface area contributed by atoms with Crippen LogP contribution in [0.2, 0.25) is 0 Å². The molecule has 1 aromatic heterocycles. The highest BCUT2D eigenvalue weighted by Crippen LogP contribution is 2.34. The Morgan fingerprint density at radius 3 is 2.81 bits per heavy atom. The lowest BCUT2D eigenvalue weighted by Crippen LogP contribution is -2.30. The number of hydrogen-bond acceptors (Lipinski definition) is 2. The summed E-state index contributed by atoms with van der Waals surface area (Å²) >= 11 is 6.87. The summed E-state index contributed by atoms with van der Waals surface area (Å²) in [6.45, 7) is 0.794. The molecular formula is C16H14Br2N2O. The minimum absolute atomic E-state index is 0.0475. The van der Waals surface area contributed by atoms with Gasteiger partial charge >= 0.3 is 0 Å². The normalized spacial score (nSPS) is 18.0. The lowest BCUT2D eigenvalue weighted by atomic mass is 10.0. The second kappa shape index (κ2) is 6.28. The molecule has 0 saturated carbocycles. The van der Waals surface area contributed by atoms with E-state index in [-0.39, 0.29) is 11.9 Å². The fourth-order valence-electron chi connectivity index (χ4n) is 2.76. The Hall–Kier alpha value is -1.20. The summed E-state index contributed by atoms with van der Waals surface area (Å²) in [6, 6.07) is 10.2. The van der Waals surface area contributed by atoms with E-state index in [1.807, 2.05) is 23.1 Å². The van der Waals surface area contributed by atoms with Gasteiger partial charge in [-0.15, -0.1) is 0 Å². The number of benzene rings is 1. The summed E-state index contributed by atoms with van der Waals surface area (Å²) in [6.07, 6.45) is 5.35. The summed E-state index contributed by atoms with van der Waals surface area (Å²) in [5, 5.41) is 0. The molecule has 3 rings (SSSR count). The molecule has 3 nitrogen and oxygen atoms in total. The van der Waals surface area contributed by atoms with Crippen molar-refractivity contribution in [1.82, 2.24) is 9.88 Å². The number of halogens is 2. The molecule has 1 amide bonds. The van der Waals surface area contributed by atoms with Crippen LogP contribution in [-0.2, 0) is 0 Å². The predicted octanol–water partition coefficient (Wildman–Crippen LogP) is 4.58. The van der Waals surface area contributed by atoms with Crippen LogP contribution in [0, 0.1) is 0 Å². The molecule has 0 N–H and O–H groups in total. The van der Waals surface area contributed by atoms with Gasteiger partial charge in [0.2, 0.25) is 0 Å². The molecule has 1 unspecified atom stereocenters. The average molecular weight is 410 g/mol. The first-order valence-electron chi connectivity index (χ1n) is 6.82. The van der Waals surface area contributed by atoms with E-state index in [2.05, 4.69) is 49.0 Å². The Morgan fingerprint density at radius 2 is 2.05 bits per heavy atom. The molecule has 108 valence electrons. The van der Waals surface area contributed by atoms with Gasteiger partial charge in [0.15, 0.2) is 0 Å². The molecule has 2 aromatic rings. The predicted molar refractivity (Wildman–Crippen MR) is 89.1 cm³/mol. The van der Waals surface area contributed by atoms with Gasteiger partial charge in [-0.25, -0.2) is 0 Å². The number of carbonyl (C=O) groups excluding carboxylic acids is 1. The summed E-state index contributed by atoms with van der Waals surface area (Å²) in [7, 11) is 0. The number of aromatic nitrogens is 1. The van der Waals surface area contributed by atoms with Crippen molar-refractivity contribution in [2.75, 3.05) is 6.54 Å². The second-order valence-electron chi connectivity index (χ2n) is 5.10. The lowest BCUT2D eigenvalue weighted by Gasteiger charge is -2.25. The van der Waals surface area contributed by atoms with Crippen LogP contribution in [-0.4, -0.2) is 22.3 Å². The van der Waals surface area contributed by atoms with E-state index in [4.69, 9.17) is 0 Å². The van der Waals surface area contributed by atoms with Crippen LogP contribution in [0.25, 0.3) is 0 Å². The molecule has 1 aliphatic heterocycles. The fraction of sp³-hybridized carbons (Fsp3) is 0.250. The molecule has 1 saturated heterocycles. The first-order chi connectivity index (χ1) is 10.1. The molecule has 21 heavy (non-hydrogen) atoms. The van der Waals surface area contributed by atoms with Gasteiger partial charge in [0.05, 0.1) is 11.6 Å². The summed E-state index contributed by atoms with van der Waals surface area (Å²) < 4.78 is 1.87. The number of pyridine rings is 1. The van der Waals surface area contributed by atoms with E-state index in [0.29, 0.717) is 5.56 Å². The quantitative estimate of drug-likeness (QED) is 0.726. The molecule has 0 spiro atoms. The molecule has 0 bridgehead atoms. The van der Waals surface area contributed by atoms with E-state index in [1.165, 1.54) is 5.56 Å². The van der Waals surface area contributed by atoms with Crippen molar-refractivity contribution in [3.63, 3.8) is 0 Å². The lowest BCUT2D eigenvalue weighted by molar-refractivity contribution is 0.0735. The molecule has 1 atom stereocenters. The van der Waals surface area contributed by atoms with Crippen LogP contribution >= 0.6 is 31.9 Å². The van der Waals surface area contributed by atoms with Crippen molar-refractivity contribution < 1.29 is 4.79 Å². The average Bonchev–Trinajstić information content (AvgIpc) is 2.96. The second-order valence-corrected chi connectivity index (χ2v) is 6.93. The van der Waals surface area contributed by atoms with Gasteiger partial charge in [0.1, 0.15) is 0 Å².